The molecule has 0 aromatic heterocycles. The molecule has 0 aliphatic heterocycles. The summed E-state index contributed by atoms with van der Waals surface area (Å²) in [6.07, 6.45) is 0.742. The van der Waals surface area contributed by atoms with Crippen molar-refractivity contribution in [3.8, 4) is 5.75 Å². The minimum Gasteiger partial charge on any atom is -0.507 e. The third-order valence-corrected chi connectivity index (χ3v) is 3.70. The number of halogens is 2. The summed E-state index contributed by atoms with van der Waals surface area (Å²) in [5.41, 5.74) is 1.43. The number of aromatic hydroxyl groups is 1. The van der Waals surface area contributed by atoms with Gasteiger partial charge in [0, 0.05) is 29.1 Å². The molecule has 6 heteroatoms. The maximum Gasteiger partial charge on any atom is 0.305 e. The lowest BCUT2D eigenvalue weighted by Crippen LogP contribution is -2.07. The maximum atomic E-state index is 13.6. The molecule has 0 fully saturated rings. The van der Waals surface area contributed by atoms with Crippen molar-refractivity contribution >= 4 is 23.3 Å². The molecule has 25 heavy (non-hydrogen) atoms. The topological polar surface area (TPSA) is 58.9 Å². The Kier molecular flexibility index (Phi) is 6.95. The standard InChI is InChI=1S/C19H19ClFNO3/c1-2-25-18(24)4-3-11-22-19(13-5-7-14(20)8-6-13)16-12-15(21)9-10-17(16)23/h5-10,12,23H,2-4,11H2,1H3. The van der Waals surface area contributed by atoms with Crippen LogP contribution in [-0.4, -0.2) is 29.9 Å². The van der Waals surface area contributed by atoms with Crippen molar-refractivity contribution in [2.45, 2.75) is 19.8 Å². The number of ether oxygens (including phenoxy) is 1. The fourth-order valence-corrected chi connectivity index (χ4v) is 2.41. The van der Waals surface area contributed by atoms with E-state index in [1.807, 2.05) is 0 Å². The Bertz CT molecular complexity index is 760. The average Bonchev–Trinajstić information content (AvgIpc) is 2.59. The molecule has 0 bridgehead atoms. The Labute approximate surface area is 150 Å². The molecule has 1 N–H and O–H groups in total. The summed E-state index contributed by atoms with van der Waals surface area (Å²) in [6.45, 7) is 2.43. The highest BCUT2D eigenvalue weighted by atomic mass is 35.5. The van der Waals surface area contributed by atoms with Gasteiger partial charge in [0.1, 0.15) is 11.6 Å². The first-order valence-corrected chi connectivity index (χ1v) is 8.34. The molecular formula is C19H19ClFNO3. The quantitative estimate of drug-likeness (QED) is 0.451. The van der Waals surface area contributed by atoms with E-state index in [1.165, 1.54) is 18.2 Å². The third-order valence-electron chi connectivity index (χ3n) is 3.45. The minimum absolute atomic E-state index is 0.0690. The molecule has 0 aliphatic carbocycles. The van der Waals surface area contributed by atoms with E-state index in [9.17, 15) is 14.3 Å². The number of hydrogen-bond donors (Lipinski definition) is 1. The van der Waals surface area contributed by atoms with Crippen LogP contribution in [0.15, 0.2) is 47.5 Å². The second-order valence-electron chi connectivity index (χ2n) is 5.31. The Morgan fingerprint density at radius 2 is 1.96 bits per heavy atom. The second kappa shape index (κ2) is 9.18. The molecule has 0 saturated carbocycles. The highest BCUT2D eigenvalue weighted by molar-refractivity contribution is 6.30. The van der Waals surface area contributed by atoms with Gasteiger partial charge in [-0.25, -0.2) is 4.39 Å². The van der Waals surface area contributed by atoms with E-state index in [0.29, 0.717) is 41.4 Å². The van der Waals surface area contributed by atoms with Crippen molar-refractivity contribution in [1.82, 2.24) is 0 Å². The van der Waals surface area contributed by atoms with E-state index in [2.05, 4.69) is 4.99 Å². The largest absolute Gasteiger partial charge is 0.507 e. The molecule has 132 valence electrons. The number of carbonyl (C=O) groups excluding carboxylic acids is 1. The number of benzene rings is 2. The Morgan fingerprint density at radius 3 is 2.64 bits per heavy atom. The monoisotopic (exact) mass is 363 g/mol. The predicted molar refractivity (Wildman–Crippen MR) is 95.9 cm³/mol. The summed E-state index contributed by atoms with van der Waals surface area (Å²) in [4.78, 5) is 15.9. The van der Waals surface area contributed by atoms with Gasteiger partial charge in [-0.15, -0.1) is 0 Å². The van der Waals surface area contributed by atoms with Crippen molar-refractivity contribution in [1.29, 1.82) is 0 Å². The minimum atomic E-state index is -0.471. The van der Waals surface area contributed by atoms with Gasteiger partial charge in [0.15, 0.2) is 0 Å². The first-order chi connectivity index (χ1) is 12.0. The number of rotatable bonds is 7. The number of nitrogens with zero attached hydrogens (tertiary/aromatic N) is 1. The van der Waals surface area contributed by atoms with E-state index in [1.54, 1.807) is 31.2 Å². The smallest absolute Gasteiger partial charge is 0.305 e. The average molecular weight is 364 g/mol. The molecule has 0 atom stereocenters. The Morgan fingerprint density at radius 1 is 1.24 bits per heavy atom. The van der Waals surface area contributed by atoms with Gasteiger partial charge in [-0.3, -0.25) is 9.79 Å². The first kappa shape index (κ1) is 18.9. The lowest BCUT2D eigenvalue weighted by molar-refractivity contribution is -0.143. The van der Waals surface area contributed by atoms with Gasteiger partial charge in [-0.2, -0.15) is 0 Å². The fraction of sp³-hybridized carbons (Fsp3) is 0.263. The summed E-state index contributed by atoms with van der Waals surface area (Å²) in [7, 11) is 0. The van der Waals surface area contributed by atoms with Crippen molar-refractivity contribution in [2.75, 3.05) is 13.2 Å². The van der Waals surface area contributed by atoms with Crippen LogP contribution in [0, 0.1) is 5.82 Å². The number of phenolic OH excluding ortho intramolecular Hbond substituents is 1. The van der Waals surface area contributed by atoms with Crippen LogP contribution in [0.4, 0.5) is 4.39 Å². The van der Waals surface area contributed by atoms with Crippen LogP contribution < -0.4 is 0 Å². The zero-order chi connectivity index (χ0) is 18.2. The summed E-state index contributed by atoms with van der Waals surface area (Å²) >= 11 is 5.91. The second-order valence-corrected chi connectivity index (χ2v) is 5.74. The molecule has 0 radical (unpaired) electrons. The highest BCUT2D eigenvalue weighted by Crippen LogP contribution is 2.23. The van der Waals surface area contributed by atoms with Gasteiger partial charge in [0.25, 0.3) is 0 Å². The number of hydrogen-bond acceptors (Lipinski definition) is 4. The fourth-order valence-electron chi connectivity index (χ4n) is 2.29. The van der Waals surface area contributed by atoms with E-state index in [4.69, 9.17) is 16.3 Å². The predicted octanol–water partition coefficient (Wildman–Crippen LogP) is 4.37. The van der Waals surface area contributed by atoms with Crippen LogP contribution in [-0.2, 0) is 9.53 Å². The van der Waals surface area contributed by atoms with Crippen LogP contribution >= 0.6 is 11.6 Å². The first-order valence-electron chi connectivity index (χ1n) is 7.96. The molecule has 2 rings (SSSR count). The van der Waals surface area contributed by atoms with Crippen LogP contribution in [0.5, 0.6) is 5.75 Å². The van der Waals surface area contributed by atoms with Gasteiger partial charge in [0.05, 0.1) is 12.3 Å². The molecule has 2 aromatic carbocycles. The lowest BCUT2D eigenvalue weighted by Gasteiger charge is -2.10. The van der Waals surface area contributed by atoms with Crippen molar-refractivity contribution in [2.24, 2.45) is 4.99 Å². The molecule has 4 nitrogen and oxygen atoms in total. The number of aliphatic imine (C=N–C) groups is 1. The lowest BCUT2D eigenvalue weighted by atomic mass is 10.0. The van der Waals surface area contributed by atoms with E-state index in [-0.39, 0.29) is 18.1 Å². The zero-order valence-electron chi connectivity index (χ0n) is 13.8. The SMILES string of the molecule is CCOC(=O)CCCN=C(c1ccc(Cl)cc1)c1cc(F)ccc1O. The molecule has 0 amide bonds. The maximum absolute atomic E-state index is 13.6. The summed E-state index contributed by atoms with van der Waals surface area (Å²) in [6, 6.07) is 10.6. The number of esters is 1. The zero-order valence-corrected chi connectivity index (χ0v) is 14.6. The highest BCUT2D eigenvalue weighted by Gasteiger charge is 2.13. The van der Waals surface area contributed by atoms with Gasteiger partial charge >= 0.3 is 5.97 Å². The van der Waals surface area contributed by atoms with Crippen molar-refractivity contribution in [3.05, 3.63) is 64.4 Å². The Hall–Kier alpha value is -2.40. The van der Waals surface area contributed by atoms with Crippen LogP contribution in [0.25, 0.3) is 0 Å². The van der Waals surface area contributed by atoms with Gasteiger partial charge in [-0.05, 0) is 43.7 Å². The summed E-state index contributed by atoms with van der Waals surface area (Å²) in [5.74, 6) is -0.819. The molecule has 0 heterocycles. The molecule has 2 aromatic rings. The van der Waals surface area contributed by atoms with Gasteiger partial charge < -0.3 is 9.84 Å². The van der Waals surface area contributed by atoms with Crippen molar-refractivity contribution in [3.63, 3.8) is 0 Å². The van der Waals surface area contributed by atoms with E-state index >= 15 is 0 Å². The van der Waals surface area contributed by atoms with Crippen LogP contribution in [0.3, 0.4) is 0 Å². The molecule has 0 aliphatic rings. The van der Waals surface area contributed by atoms with E-state index in [0.717, 1.165) is 0 Å². The normalized spacial score (nSPS) is 11.4. The molecule has 0 unspecified atom stereocenters. The van der Waals surface area contributed by atoms with Crippen LogP contribution in [0.2, 0.25) is 5.02 Å². The molecular weight excluding hydrogens is 345 g/mol. The van der Waals surface area contributed by atoms with Crippen LogP contribution in [0.1, 0.15) is 30.9 Å². The summed E-state index contributed by atoms with van der Waals surface area (Å²) in [5, 5.41) is 10.7. The molecule has 0 spiro atoms. The third kappa shape index (κ3) is 5.57. The van der Waals surface area contributed by atoms with E-state index < -0.39 is 5.82 Å². The number of phenols is 1. The molecule has 0 saturated heterocycles. The Balaban J connectivity index is 2.26. The summed E-state index contributed by atoms with van der Waals surface area (Å²) < 4.78 is 18.5. The van der Waals surface area contributed by atoms with Gasteiger partial charge in [-0.1, -0.05) is 23.7 Å². The number of carbonyl (C=O) groups is 1. The van der Waals surface area contributed by atoms with Gasteiger partial charge in [0.2, 0.25) is 0 Å². The van der Waals surface area contributed by atoms with Crippen molar-refractivity contribution < 1.29 is 19.0 Å².